The summed E-state index contributed by atoms with van der Waals surface area (Å²) in [4.78, 5) is 12.5. The molecule has 0 spiro atoms. The largest absolute Gasteiger partial charge is 0.368 e. The van der Waals surface area contributed by atoms with Crippen molar-refractivity contribution in [1.29, 1.82) is 0 Å². The molecule has 1 unspecified atom stereocenters. The van der Waals surface area contributed by atoms with Crippen molar-refractivity contribution in [2.75, 3.05) is 0 Å². The molecule has 3 N–H and O–H groups in total. The second-order valence-corrected chi connectivity index (χ2v) is 5.43. The molecule has 1 aromatic carbocycles. The van der Waals surface area contributed by atoms with E-state index in [0.717, 1.165) is 4.88 Å². The molecule has 0 saturated carbocycles. The number of rotatable bonds is 5. The highest BCUT2D eigenvalue weighted by Gasteiger charge is 2.21. The summed E-state index contributed by atoms with van der Waals surface area (Å²) in [7, 11) is 0. The van der Waals surface area contributed by atoms with Crippen LogP contribution in [0.2, 0.25) is 5.02 Å². The van der Waals surface area contributed by atoms with E-state index < -0.39 is 17.8 Å². The fraction of sp³-hybridized carbons (Fsp3) is 0.154. The summed E-state index contributed by atoms with van der Waals surface area (Å²) < 4.78 is 13.8. The summed E-state index contributed by atoms with van der Waals surface area (Å²) in [6.45, 7) is 0.452. The van der Waals surface area contributed by atoms with Crippen LogP contribution in [0.25, 0.3) is 0 Å². The van der Waals surface area contributed by atoms with E-state index in [1.54, 1.807) is 11.3 Å². The SMILES string of the molecule is NC(=O)C(NCc1cccs1)c1ccc(Cl)cc1F. The normalized spacial score (nSPS) is 12.3. The summed E-state index contributed by atoms with van der Waals surface area (Å²) in [5, 5.41) is 5.16. The van der Waals surface area contributed by atoms with Gasteiger partial charge in [-0.25, -0.2) is 4.39 Å². The molecule has 2 rings (SSSR count). The molecule has 1 amide bonds. The van der Waals surface area contributed by atoms with Crippen LogP contribution in [-0.2, 0) is 11.3 Å². The van der Waals surface area contributed by atoms with Crippen LogP contribution >= 0.6 is 22.9 Å². The van der Waals surface area contributed by atoms with E-state index in [0.29, 0.717) is 6.54 Å². The fourth-order valence-corrected chi connectivity index (χ4v) is 2.53. The van der Waals surface area contributed by atoms with Gasteiger partial charge in [-0.15, -0.1) is 11.3 Å². The van der Waals surface area contributed by atoms with Crippen LogP contribution in [0.5, 0.6) is 0 Å². The Morgan fingerprint density at radius 1 is 1.47 bits per heavy atom. The van der Waals surface area contributed by atoms with Gasteiger partial charge >= 0.3 is 0 Å². The summed E-state index contributed by atoms with van der Waals surface area (Å²) in [5.41, 5.74) is 5.52. The van der Waals surface area contributed by atoms with Crippen molar-refractivity contribution in [2.24, 2.45) is 5.73 Å². The number of thiophene rings is 1. The lowest BCUT2D eigenvalue weighted by Crippen LogP contribution is -2.33. The minimum Gasteiger partial charge on any atom is -0.368 e. The first kappa shape index (κ1) is 14.0. The average molecular weight is 299 g/mol. The molecule has 2 aromatic rings. The fourth-order valence-electron chi connectivity index (χ4n) is 1.72. The molecule has 3 nitrogen and oxygen atoms in total. The Hall–Kier alpha value is -1.43. The summed E-state index contributed by atoms with van der Waals surface area (Å²) in [6.07, 6.45) is 0. The van der Waals surface area contributed by atoms with E-state index in [9.17, 15) is 9.18 Å². The first-order chi connectivity index (χ1) is 9.08. The number of benzene rings is 1. The Labute approximate surface area is 119 Å². The van der Waals surface area contributed by atoms with Gasteiger partial charge < -0.3 is 5.73 Å². The summed E-state index contributed by atoms with van der Waals surface area (Å²) >= 11 is 7.23. The molecule has 0 radical (unpaired) electrons. The highest BCUT2D eigenvalue weighted by atomic mass is 35.5. The molecule has 1 heterocycles. The van der Waals surface area contributed by atoms with Gasteiger partial charge in [0.2, 0.25) is 5.91 Å². The Morgan fingerprint density at radius 3 is 2.84 bits per heavy atom. The molecule has 0 aliphatic heterocycles. The van der Waals surface area contributed by atoms with Crippen LogP contribution < -0.4 is 11.1 Å². The van der Waals surface area contributed by atoms with E-state index in [1.165, 1.54) is 18.2 Å². The van der Waals surface area contributed by atoms with Gasteiger partial charge in [-0.1, -0.05) is 23.7 Å². The van der Waals surface area contributed by atoms with Crippen LogP contribution in [0.15, 0.2) is 35.7 Å². The lowest BCUT2D eigenvalue weighted by atomic mass is 10.1. The number of primary amides is 1. The van der Waals surface area contributed by atoms with Crippen molar-refractivity contribution in [1.82, 2.24) is 5.32 Å². The number of carbonyl (C=O) groups excluding carboxylic acids is 1. The minimum absolute atomic E-state index is 0.202. The first-order valence-electron chi connectivity index (χ1n) is 5.58. The lowest BCUT2D eigenvalue weighted by molar-refractivity contribution is -0.120. The third-order valence-corrected chi connectivity index (χ3v) is 3.73. The number of hydrogen-bond acceptors (Lipinski definition) is 3. The Bertz CT molecular complexity index is 574. The van der Waals surface area contributed by atoms with Crippen LogP contribution in [0, 0.1) is 5.82 Å². The third-order valence-electron chi connectivity index (χ3n) is 2.62. The number of nitrogens with one attached hydrogen (secondary N) is 1. The third kappa shape index (κ3) is 3.53. The zero-order valence-corrected chi connectivity index (χ0v) is 11.5. The molecule has 1 aromatic heterocycles. The maximum atomic E-state index is 13.8. The Kier molecular flexibility index (Phi) is 4.52. The Balaban J connectivity index is 2.17. The molecule has 100 valence electrons. The van der Waals surface area contributed by atoms with Gasteiger partial charge in [0.15, 0.2) is 0 Å². The number of amides is 1. The van der Waals surface area contributed by atoms with Crippen LogP contribution in [0.3, 0.4) is 0 Å². The van der Waals surface area contributed by atoms with Crippen molar-refractivity contribution in [2.45, 2.75) is 12.6 Å². The van der Waals surface area contributed by atoms with Gasteiger partial charge in [-0.3, -0.25) is 10.1 Å². The van der Waals surface area contributed by atoms with Crippen LogP contribution in [-0.4, -0.2) is 5.91 Å². The summed E-state index contributed by atoms with van der Waals surface area (Å²) in [6, 6.07) is 7.12. The molecule has 6 heteroatoms. The number of halogens is 2. The van der Waals surface area contributed by atoms with E-state index in [2.05, 4.69) is 5.32 Å². The molecule has 19 heavy (non-hydrogen) atoms. The van der Waals surface area contributed by atoms with Crippen molar-refractivity contribution in [3.8, 4) is 0 Å². The van der Waals surface area contributed by atoms with Gasteiger partial charge in [0.25, 0.3) is 0 Å². The quantitative estimate of drug-likeness (QED) is 0.892. The highest BCUT2D eigenvalue weighted by molar-refractivity contribution is 7.09. The smallest absolute Gasteiger partial charge is 0.239 e. The maximum absolute atomic E-state index is 13.8. The van der Waals surface area contributed by atoms with Crippen molar-refractivity contribution < 1.29 is 9.18 Å². The van der Waals surface area contributed by atoms with E-state index in [1.807, 2.05) is 17.5 Å². The maximum Gasteiger partial charge on any atom is 0.239 e. The van der Waals surface area contributed by atoms with Gasteiger partial charge in [0.05, 0.1) is 0 Å². The first-order valence-corrected chi connectivity index (χ1v) is 6.83. The molecule has 1 atom stereocenters. The molecule has 0 aliphatic carbocycles. The number of hydrogen-bond donors (Lipinski definition) is 2. The van der Waals surface area contributed by atoms with Gasteiger partial charge in [-0.2, -0.15) is 0 Å². The van der Waals surface area contributed by atoms with Crippen molar-refractivity contribution >= 4 is 28.8 Å². The number of nitrogens with two attached hydrogens (primary N) is 1. The standard InChI is InChI=1S/C13H12ClFN2OS/c14-8-3-4-10(11(15)6-8)12(13(16)18)17-7-9-2-1-5-19-9/h1-6,12,17H,7H2,(H2,16,18). The van der Waals surface area contributed by atoms with Crippen LogP contribution in [0.1, 0.15) is 16.5 Å². The molecule has 0 aliphatic rings. The van der Waals surface area contributed by atoms with Gasteiger partial charge in [0.1, 0.15) is 11.9 Å². The average Bonchev–Trinajstić information content (AvgIpc) is 2.84. The van der Waals surface area contributed by atoms with E-state index >= 15 is 0 Å². The van der Waals surface area contributed by atoms with Crippen molar-refractivity contribution in [3.63, 3.8) is 0 Å². The second-order valence-electron chi connectivity index (χ2n) is 3.96. The van der Waals surface area contributed by atoms with E-state index in [4.69, 9.17) is 17.3 Å². The zero-order valence-electron chi connectivity index (χ0n) is 9.90. The second kappa shape index (κ2) is 6.14. The predicted octanol–water partition coefficient (Wildman–Crippen LogP) is 2.86. The molecular formula is C13H12ClFN2OS. The summed E-state index contributed by atoms with van der Waals surface area (Å²) in [5.74, 6) is -1.17. The molecule has 0 saturated heterocycles. The van der Waals surface area contributed by atoms with Crippen LogP contribution in [0.4, 0.5) is 4.39 Å². The van der Waals surface area contributed by atoms with Crippen molar-refractivity contribution in [3.05, 3.63) is 57.0 Å². The highest BCUT2D eigenvalue weighted by Crippen LogP contribution is 2.21. The Morgan fingerprint density at radius 2 is 2.26 bits per heavy atom. The van der Waals surface area contributed by atoms with Gasteiger partial charge in [0, 0.05) is 22.0 Å². The molecule has 0 fully saturated rings. The topological polar surface area (TPSA) is 55.1 Å². The minimum atomic E-state index is -0.876. The number of carbonyl (C=O) groups is 1. The molecule has 0 bridgehead atoms. The lowest BCUT2D eigenvalue weighted by Gasteiger charge is -2.16. The van der Waals surface area contributed by atoms with Gasteiger partial charge in [-0.05, 0) is 23.6 Å². The van der Waals surface area contributed by atoms with E-state index in [-0.39, 0.29) is 10.6 Å². The zero-order chi connectivity index (χ0) is 13.8. The predicted molar refractivity (Wildman–Crippen MR) is 74.5 cm³/mol. The monoisotopic (exact) mass is 298 g/mol. The molecular weight excluding hydrogens is 287 g/mol.